The van der Waals surface area contributed by atoms with E-state index in [-0.39, 0.29) is 22.4 Å². The van der Waals surface area contributed by atoms with Crippen molar-refractivity contribution < 1.29 is 13.5 Å². The van der Waals surface area contributed by atoms with Crippen molar-refractivity contribution in [1.29, 1.82) is 5.41 Å². The van der Waals surface area contributed by atoms with Gasteiger partial charge in [-0.15, -0.1) is 0 Å². The molecule has 0 heterocycles. The second kappa shape index (κ2) is 5.24. The van der Waals surface area contributed by atoms with E-state index in [1.165, 1.54) is 30.3 Å². The van der Waals surface area contributed by atoms with Gasteiger partial charge in [0.1, 0.15) is 11.6 Å². The summed E-state index contributed by atoms with van der Waals surface area (Å²) in [5.74, 6) is -2.36. The van der Waals surface area contributed by atoms with Gasteiger partial charge in [-0.2, -0.15) is 4.39 Å². The molecule has 3 N–H and O–H groups in total. The van der Waals surface area contributed by atoms with Crippen LogP contribution in [-0.2, 0) is 0 Å². The molecule has 98 valence electrons. The average molecular weight is 283 g/mol. The summed E-state index contributed by atoms with van der Waals surface area (Å²) < 4.78 is 31.6. The minimum atomic E-state index is -1.09. The van der Waals surface area contributed by atoms with Crippen LogP contribution in [0.3, 0.4) is 0 Å². The number of nitrogens with one attached hydrogen (secondary N) is 1. The molecule has 0 aliphatic heterocycles. The molecule has 0 bridgehead atoms. The van der Waals surface area contributed by atoms with Gasteiger partial charge in [0.25, 0.3) is 0 Å². The van der Waals surface area contributed by atoms with Gasteiger partial charge in [-0.25, -0.2) is 4.39 Å². The van der Waals surface area contributed by atoms with Gasteiger partial charge in [-0.3, -0.25) is 5.41 Å². The highest BCUT2D eigenvalue weighted by molar-refractivity contribution is 6.32. The van der Waals surface area contributed by atoms with E-state index < -0.39 is 11.6 Å². The highest BCUT2D eigenvalue weighted by atomic mass is 35.5. The van der Waals surface area contributed by atoms with Crippen LogP contribution in [0.2, 0.25) is 5.02 Å². The Morgan fingerprint density at radius 2 is 1.89 bits per heavy atom. The number of nitrogen functional groups attached to an aromatic ring is 1. The molecule has 0 aliphatic rings. The predicted octanol–water partition coefficient (Wildman–Crippen LogP) is 3.69. The second-order valence-corrected chi connectivity index (χ2v) is 4.12. The Kier molecular flexibility index (Phi) is 3.66. The smallest absolute Gasteiger partial charge is 0.201 e. The second-order valence-electron chi connectivity index (χ2n) is 3.71. The monoisotopic (exact) mass is 282 g/mol. The molecule has 2 aromatic rings. The Balaban J connectivity index is 2.34. The maximum absolute atomic E-state index is 13.4. The van der Waals surface area contributed by atoms with E-state index in [2.05, 4.69) is 0 Å². The first-order valence-corrected chi connectivity index (χ1v) is 5.62. The van der Waals surface area contributed by atoms with E-state index in [9.17, 15) is 8.78 Å². The molecular formula is C13H9ClF2N2O. The van der Waals surface area contributed by atoms with Crippen LogP contribution in [-0.4, -0.2) is 5.84 Å². The number of hydrogen-bond acceptors (Lipinski definition) is 2. The van der Waals surface area contributed by atoms with Crippen molar-refractivity contribution in [3.63, 3.8) is 0 Å². The third-order valence-corrected chi connectivity index (χ3v) is 2.67. The number of benzene rings is 2. The Labute approximate surface area is 113 Å². The molecular weight excluding hydrogens is 274 g/mol. The molecule has 0 atom stereocenters. The van der Waals surface area contributed by atoms with Crippen molar-refractivity contribution in [2.75, 3.05) is 0 Å². The van der Waals surface area contributed by atoms with Crippen LogP contribution in [0.25, 0.3) is 0 Å². The Morgan fingerprint density at radius 1 is 1.16 bits per heavy atom. The molecule has 6 heteroatoms. The van der Waals surface area contributed by atoms with Gasteiger partial charge in [-0.05, 0) is 30.3 Å². The molecule has 0 saturated heterocycles. The summed E-state index contributed by atoms with van der Waals surface area (Å²) in [6.07, 6.45) is 0. The standard InChI is InChI=1S/C13H9ClF2N2O/c14-8-6-7(13(17)18)4-5-10(8)19-11-3-1-2-9(15)12(11)16/h1-6H,(H3,17,18). The highest BCUT2D eigenvalue weighted by Gasteiger charge is 2.12. The lowest BCUT2D eigenvalue weighted by atomic mass is 10.2. The average Bonchev–Trinajstić information content (AvgIpc) is 2.37. The molecule has 2 rings (SSSR count). The maximum Gasteiger partial charge on any atom is 0.201 e. The summed E-state index contributed by atoms with van der Waals surface area (Å²) in [5, 5.41) is 7.40. The zero-order chi connectivity index (χ0) is 14.0. The molecule has 0 saturated carbocycles. The maximum atomic E-state index is 13.4. The predicted molar refractivity (Wildman–Crippen MR) is 68.9 cm³/mol. The first-order valence-electron chi connectivity index (χ1n) is 5.25. The normalized spacial score (nSPS) is 10.3. The summed E-state index contributed by atoms with van der Waals surface area (Å²) in [6, 6.07) is 7.95. The van der Waals surface area contributed by atoms with E-state index in [4.69, 9.17) is 27.5 Å². The zero-order valence-corrected chi connectivity index (χ0v) is 10.3. The molecule has 0 radical (unpaired) electrons. The van der Waals surface area contributed by atoms with Crippen LogP contribution >= 0.6 is 11.6 Å². The lowest BCUT2D eigenvalue weighted by Gasteiger charge is -2.09. The van der Waals surface area contributed by atoms with Crippen LogP contribution in [0, 0.1) is 17.0 Å². The third-order valence-electron chi connectivity index (χ3n) is 2.38. The van der Waals surface area contributed by atoms with Gasteiger partial charge in [0.2, 0.25) is 5.82 Å². The molecule has 0 aliphatic carbocycles. The van der Waals surface area contributed by atoms with Crippen molar-refractivity contribution in [2.45, 2.75) is 0 Å². The summed E-state index contributed by atoms with van der Waals surface area (Å²) >= 11 is 5.92. The van der Waals surface area contributed by atoms with E-state index >= 15 is 0 Å². The number of rotatable bonds is 3. The Hall–Kier alpha value is -2.14. The summed E-state index contributed by atoms with van der Waals surface area (Å²) in [6.45, 7) is 0. The fourth-order valence-electron chi connectivity index (χ4n) is 1.43. The zero-order valence-electron chi connectivity index (χ0n) is 9.58. The van der Waals surface area contributed by atoms with Gasteiger partial charge in [-0.1, -0.05) is 17.7 Å². The molecule has 2 aromatic carbocycles. The molecule has 0 aromatic heterocycles. The van der Waals surface area contributed by atoms with E-state index in [0.29, 0.717) is 5.56 Å². The third kappa shape index (κ3) is 2.82. The first kappa shape index (κ1) is 13.3. The Bertz CT molecular complexity index is 647. The Morgan fingerprint density at radius 3 is 2.53 bits per heavy atom. The van der Waals surface area contributed by atoms with Crippen molar-refractivity contribution in [3.05, 3.63) is 58.6 Å². The van der Waals surface area contributed by atoms with E-state index in [1.54, 1.807) is 0 Å². The largest absolute Gasteiger partial charge is 0.453 e. The number of ether oxygens (including phenoxy) is 1. The molecule has 0 amide bonds. The quantitative estimate of drug-likeness (QED) is 0.666. The van der Waals surface area contributed by atoms with E-state index in [0.717, 1.165) is 6.07 Å². The van der Waals surface area contributed by atoms with Crippen molar-refractivity contribution in [2.24, 2.45) is 5.73 Å². The van der Waals surface area contributed by atoms with E-state index in [1.807, 2.05) is 0 Å². The lowest BCUT2D eigenvalue weighted by Crippen LogP contribution is -2.10. The van der Waals surface area contributed by atoms with Crippen LogP contribution < -0.4 is 10.5 Å². The molecule has 0 spiro atoms. The van der Waals surface area contributed by atoms with Crippen LogP contribution in [0.4, 0.5) is 8.78 Å². The van der Waals surface area contributed by atoms with Gasteiger partial charge < -0.3 is 10.5 Å². The SMILES string of the molecule is N=C(N)c1ccc(Oc2cccc(F)c2F)c(Cl)c1. The van der Waals surface area contributed by atoms with Gasteiger partial charge >= 0.3 is 0 Å². The number of halogens is 3. The minimum Gasteiger partial charge on any atom is -0.453 e. The molecule has 3 nitrogen and oxygen atoms in total. The van der Waals surface area contributed by atoms with Crippen molar-refractivity contribution >= 4 is 17.4 Å². The number of amidine groups is 1. The molecule has 19 heavy (non-hydrogen) atoms. The van der Waals surface area contributed by atoms with Gasteiger partial charge in [0, 0.05) is 5.56 Å². The van der Waals surface area contributed by atoms with Gasteiger partial charge in [0.05, 0.1) is 5.02 Å². The molecule has 0 fully saturated rings. The van der Waals surface area contributed by atoms with Gasteiger partial charge in [0.15, 0.2) is 11.6 Å². The minimum absolute atomic E-state index is 0.148. The summed E-state index contributed by atoms with van der Waals surface area (Å²) in [7, 11) is 0. The van der Waals surface area contributed by atoms with Crippen LogP contribution in [0.15, 0.2) is 36.4 Å². The van der Waals surface area contributed by atoms with Crippen molar-refractivity contribution in [3.8, 4) is 11.5 Å². The summed E-state index contributed by atoms with van der Waals surface area (Å²) in [5.41, 5.74) is 5.72. The van der Waals surface area contributed by atoms with Crippen LogP contribution in [0.5, 0.6) is 11.5 Å². The topological polar surface area (TPSA) is 59.1 Å². The number of hydrogen-bond donors (Lipinski definition) is 2. The van der Waals surface area contributed by atoms with Crippen molar-refractivity contribution in [1.82, 2.24) is 0 Å². The fraction of sp³-hybridized carbons (Fsp3) is 0. The van der Waals surface area contributed by atoms with Crippen LogP contribution in [0.1, 0.15) is 5.56 Å². The number of nitrogens with two attached hydrogens (primary N) is 1. The first-order chi connectivity index (χ1) is 8.99. The highest BCUT2D eigenvalue weighted by Crippen LogP contribution is 2.31. The summed E-state index contributed by atoms with van der Waals surface area (Å²) in [4.78, 5) is 0. The molecule has 0 unspecified atom stereocenters. The lowest BCUT2D eigenvalue weighted by molar-refractivity contribution is 0.416. The fourth-order valence-corrected chi connectivity index (χ4v) is 1.65.